The van der Waals surface area contributed by atoms with Crippen LogP contribution in [0.4, 0.5) is 0 Å². The summed E-state index contributed by atoms with van der Waals surface area (Å²) in [6.07, 6.45) is 2.48. The van der Waals surface area contributed by atoms with Gasteiger partial charge in [-0.15, -0.1) is 0 Å². The molecule has 1 unspecified atom stereocenters. The lowest BCUT2D eigenvalue weighted by Crippen LogP contribution is -2.28. The molecule has 1 aromatic carbocycles. The van der Waals surface area contributed by atoms with Gasteiger partial charge in [0, 0.05) is 16.6 Å². The highest BCUT2D eigenvalue weighted by Crippen LogP contribution is 2.44. The molecule has 2 heterocycles. The van der Waals surface area contributed by atoms with E-state index in [0.717, 1.165) is 30.2 Å². The number of hydrogen-bond donors (Lipinski definition) is 1. The molecule has 0 spiro atoms. The average Bonchev–Trinajstić information content (AvgIpc) is 2.83. The van der Waals surface area contributed by atoms with Crippen LogP contribution in [0.3, 0.4) is 0 Å². The topological polar surface area (TPSA) is 30.5 Å². The first kappa shape index (κ1) is 11.4. The molecule has 0 amide bonds. The Morgan fingerprint density at radius 2 is 2.29 bits per heavy atom. The Bertz CT molecular complexity index is 442. The van der Waals surface area contributed by atoms with Crippen molar-refractivity contribution in [1.29, 1.82) is 0 Å². The van der Waals surface area contributed by atoms with Crippen LogP contribution in [-0.2, 0) is 0 Å². The summed E-state index contributed by atoms with van der Waals surface area (Å²) in [5.74, 6) is 2.36. The lowest BCUT2D eigenvalue weighted by molar-refractivity contribution is 0.173. The third-order valence-electron chi connectivity index (χ3n) is 3.59. The van der Waals surface area contributed by atoms with Crippen LogP contribution in [0.15, 0.2) is 10.5 Å². The molecule has 3 rings (SSSR count). The van der Waals surface area contributed by atoms with Gasteiger partial charge in [0.05, 0.1) is 0 Å². The molecule has 0 aliphatic carbocycles. The summed E-state index contributed by atoms with van der Waals surface area (Å²) >= 11 is 3.71. The molecule has 92 valence electrons. The zero-order chi connectivity index (χ0) is 11.8. The minimum Gasteiger partial charge on any atom is -0.454 e. The molecule has 3 nitrogen and oxygen atoms in total. The van der Waals surface area contributed by atoms with Gasteiger partial charge in [-0.25, -0.2) is 0 Å². The summed E-state index contributed by atoms with van der Waals surface area (Å²) in [5.41, 5.74) is 2.50. The van der Waals surface area contributed by atoms with Gasteiger partial charge in [0.15, 0.2) is 11.5 Å². The summed E-state index contributed by atoms with van der Waals surface area (Å²) in [6.45, 7) is 4.61. The molecular formula is C13H16BrNO2. The first-order valence-electron chi connectivity index (χ1n) is 6.06. The van der Waals surface area contributed by atoms with Crippen molar-refractivity contribution in [1.82, 2.24) is 5.32 Å². The maximum absolute atomic E-state index is 5.50. The number of rotatable bonds is 1. The van der Waals surface area contributed by atoms with Crippen LogP contribution in [0.25, 0.3) is 0 Å². The van der Waals surface area contributed by atoms with Gasteiger partial charge in [0.25, 0.3) is 0 Å². The maximum atomic E-state index is 5.50. The average molecular weight is 298 g/mol. The summed E-state index contributed by atoms with van der Waals surface area (Å²) < 4.78 is 12.2. The number of fused-ring (bicyclic) bond motifs is 1. The van der Waals surface area contributed by atoms with Crippen molar-refractivity contribution in [3.05, 3.63) is 21.7 Å². The van der Waals surface area contributed by atoms with Gasteiger partial charge in [-0.05, 0) is 43.9 Å². The zero-order valence-corrected chi connectivity index (χ0v) is 11.5. The Hall–Kier alpha value is -0.740. The Labute approximate surface area is 110 Å². The molecule has 0 radical (unpaired) electrons. The number of ether oxygens (including phenoxy) is 2. The number of piperidine rings is 1. The van der Waals surface area contributed by atoms with E-state index in [1.165, 1.54) is 22.9 Å². The highest BCUT2D eigenvalue weighted by molar-refractivity contribution is 9.10. The normalized spacial score (nSPS) is 22.8. The van der Waals surface area contributed by atoms with E-state index in [4.69, 9.17) is 9.47 Å². The SMILES string of the molecule is Cc1c(Br)c(C2CCCNC2)cc2c1OCO2. The van der Waals surface area contributed by atoms with Gasteiger partial charge in [0.2, 0.25) is 6.79 Å². The second-order valence-electron chi connectivity index (χ2n) is 4.68. The van der Waals surface area contributed by atoms with Gasteiger partial charge >= 0.3 is 0 Å². The highest BCUT2D eigenvalue weighted by atomic mass is 79.9. The molecule has 1 saturated heterocycles. The molecule has 0 bridgehead atoms. The quantitative estimate of drug-likeness (QED) is 0.864. The molecule has 1 atom stereocenters. The van der Waals surface area contributed by atoms with Gasteiger partial charge in [-0.1, -0.05) is 15.9 Å². The Balaban J connectivity index is 2.01. The molecular weight excluding hydrogens is 282 g/mol. The summed E-state index contributed by atoms with van der Waals surface area (Å²) in [4.78, 5) is 0. The van der Waals surface area contributed by atoms with E-state index in [9.17, 15) is 0 Å². The van der Waals surface area contributed by atoms with E-state index in [1.807, 2.05) is 0 Å². The van der Waals surface area contributed by atoms with E-state index < -0.39 is 0 Å². The first-order chi connectivity index (χ1) is 8.27. The van der Waals surface area contributed by atoms with Gasteiger partial charge < -0.3 is 14.8 Å². The molecule has 4 heteroatoms. The van der Waals surface area contributed by atoms with Crippen molar-refractivity contribution in [3.63, 3.8) is 0 Å². The fourth-order valence-corrected chi connectivity index (χ4v) is 3.24. The Kier molecular flexibility index (Phi) is 3.01. The van der Waals surface area contributed by atoms with Crippen LogP contribution in [0.5, 0.6) is 11.5 Å². The minimum absolute atomic E-state index is 0.342. The third kappa shape index (κ3) is 1.93. The number of halogens is 1. The van der Waals surface area contributed by atoms with Crippen molar-refractivity contribution in [3.8, 4) is 11.5 Å². The highest BCUT2D eigenvalue weighted by Gasteiger charge is 2.25. The molecule has 0 saturated carbocycles. The zero-order valence-electron chi connectivity index (χ0n) is 9.88. The predicted molar refractivity (Wildman–Crippen MR) is 69.8 cm³/mol. The standard InChI is InChI=1S/C13H16BrNO2/c1-8-12(14)10(9-3-2-4-15-6-9)5-11-13(8)17-7-16-11/h5,9,15H,2-4,6-7H2,1H3. The lowest BCUT2D eigenvalue weighted by atomic mass is 9.90. The van der Waals surface area contributed by atoms with Crippen molar-refractivity contribution >= 4 is 15.9 Å². The van der Waals surface area contributed by atoms with E-state index >= 15 is 0 Å². The lowest BCUT2D eigenvalue weighted by Gasteiger charge is -2.25. The van der Waals surface area contributed by atoms with Crippen molar-refractivity contribution in [2.75, 3.05) is 19.9 Å². The smallest absolute Gasteiger partial charge is 0.231 e. The van der Waals surface area contributed by atoms with Crippen molar-refractivity contribution in [2.45, 2.75) is 25.7 Å². The number of benzene rings is 1. The summed E-state index contributed by atoms with van der Waals surface area (Å²) in [7, 11) is 0. The van der Waals surface area contributed by atoms with E-state index in [1.54, 1.807) is 0 Å². The fraction of sp³-hybridized carbons (Fsp3) is 0.538. The summed E-state index contributed by atoms with van der Waals surface area (Å²) in [5, 5.41) is 3.45. The van der Waals surface area contributed by atoms with Crippen molar-refractivity contribution in [2.24, 2.45) is 0 Å². The van der Waals surface area contributed by atoms with Gasteiger partial charge in [0.1, 0.15) is 0 Å². The molecule has 2 aliphatic rings. The first-order valence-corrected chi connectivity index (χ1v) is 6.86. The van der Waals surface area contributed by atoms with Crippen molar-refractivity contribution < 1.29 is 9.47 Å². The molecule has 17 heavy (non-hydrogen) atoms. The molecule has 2 aliphatic heterocycles. The van der Waals surface area contributed by atoms with Crippen LogP contribution in [0, 0.1) is 6.92 Å². The van der Waals surface area contributed by atoms with Crippen LogP contribution in [-0.4, -0.2) is 19.9 Å². The van der Waals surface area contributed by atoms with Gasteiger partial charge in [-0.3, -0.25) is 0 Å². The summed E-state index contributed by atoms with van der Waals surface area (Å²) in [6, 6.07) is 2.14. The second kappa shape index (κ2) is 4.50. The van der Waals surface area contributed by atoms with E-state index in [0.29, 0.717) is 12.7 Å². The second-order valence-corrected chi connectivity index (χ2v) is 5.47. The predicted octanol–water partition coefficient (Wildman–Crippen LogP) is 2.95. The fourth-order valence-electron chi connectivity index (χ4n) is 2.62. The molecule has 1 N–H and O–H groups in total. The van der Waals surface area contributed by atoms with Crippen LogP contribution < -0.4 is 14.8 Å². The number of hydrogen-bond acceptors (Lipinski definition) is 3. The Morgan fingerprint density at radius 3 is 3.06 bits per heavy atom. The minimum atomic E-state index is 0.342. The van der Waals surface area contributed by atoms with Crippen LogP contribution in [0.1, 0.15) is 29.9 Å². The van der Waals surface area contributed by atoms with Crippen LogP contribution >= 0.6 is 15.9 Å². The van der Waals surface area contributed by atoms with Gasteiger partial charge in [-0.2, -0.15) is 0 Å². The number of nitrogens with one attached hydrogen (secondary N) is 1. The molecule has 1 aromatic rings. The molecule has 0 aromatic heterocycles. The van der Waals surface area contributed by atoms with E-state index in [2.05, 4.69) is 34.2 Å². The third-order valence-corrected chi connectivity index (χ3v) is 4.64. The maximum Gasteiger partial charge on any atom is 0.231 e. The van der Waals surface area contributed by atoms with Crippen LogP contribution in [0.2, 0.25) is 0 Å². The Morgan fingerprint density at radius 1 is 1.41 bits per heavy atom. The largest absolute Gasteiger partial charge is 0.454 e. The molecule has 1 fully saturated rings. The van der Waals surface area contributed by atoms with E-state index in [-0.39, 0.29) is 0 Å². The monoisotopic (exact) mass is 297 g/mol.